The fourth-order valence-electron chi connectivity index (χ4n) is 2.97. The summed E-state index contributed by atoms with van der Waals surface area (Å²) in [7, 11) is 0. The van der Waals surface area contributed by atoms with E-state index < -0.39 is 0 Å². The molecule has 0 radical (unpaired) electrons. The van der Waals surface area contributed by atoms with Crippen molar-refractivity contribution in [3.8, 4) is 5.75 Å². The van der Waals surface area contributed by atoms with Gasteiger partial charge in [-0.05, 0) is 78.6 Å². The molecule has 1 fully saturated rings. The Morgan fingerprint density at radius 1 is 1.07 bits per heavy atom. The molecular weight excluding hydrogens is 390 g/mol. The van der Waals surface area contributed by atoms with Crippen LogP contribution in [0.4, 0.5) is 4.79 Å². The van der Waals surface area contributed by atoms with E-state index in [1.165, 1.54) is 0 Å². The first-order valence-corrected chi connectivity index (χ1v) is 10.4. The zero-order chi connectivity index (χ0) is 20.6. The van der Waals surface area contributed by atoms with E-state index in [2.05, 4.69) is 5.32 Å². The van der Waals surface area contributed by atoms with Gasteiger partial charge in [-0.15, -0.1) is 0 Å². The number of nitrogens with one attached hydrogen (secondary N) is 1. The molecule has 0 aliphatic carbocycles. The van der Waals surface area contributed by atoms with Gasteiger partial charge in [-0.3, -0.25) is 19.7 Å². The van der Waals surface area contributed by atoms with Crippen LogP contribution in [0.25, 0.3) is 16.8 Å². The monoisotopic (exact) mass is 413 g/mol. The fourth-order valence-corrected chi connectivity index (χ4v) is 3.65. The molecule has 1 aliphatic rings. The van der Waals surface area contributed by atoms with E-state index in [-0.39, 0.29) is 17.1 Å². The van der Waals surface area contributed by atoms with Crippen molar-refractivity contribution in [3.63, 3.8) is 0 Å². The Balaban J connectivity index is 1.52. The van der Waals surface area contributed by atoms with Crippen LogP contribution in [-0.4, -0.2) is 30.3 Å². The van der Waals surface area contributed by atoms with Gasteiger partial charge in [0.05, 0.1) is 18.1 Å². The molecule has 1 N–H and O–H groups in total. The Morgan fingerprint density at radius 3 is 2.62 bits per heavy atom. The number of hydrogen-bond acceptors (Lipinski definition) is 6. The van der Waals surface area contributed by atoms with E-state index in [9.17, 15) is 14.4 Å². The third kappa shape index (κ3) is 6.09. The molecule has 2 aromatic carbocycles. The largest absolute Gasteiger partial charge is 0.494 e. The van der Waals surface area contributed by atoms with Gasteiger partial charge in [0.2, 0.25) is 0 Å². The first-order chi connectivity index (χ1) is 14.0. The van der Waals surface area contributed by atoms with E-state index in [4.69, 9.17) is 9.47 Å². The first kappa shape index (κ1) is 20.9. The van der Waals surface area contributed by atoms with Crippen molar-refractivity contribution in [2.75, 3.05) is 13.2 Å². The lowest BCUT2D eigenvalue weighted by atomic mass is 10.1. The van der Waals surface area contributed by atoms with Gasteiger partial charge < -0.3 is 9.47 Å². The number of benzene rings is 2. The van der Waals surface area contributed by atoms with Crippen LogP contribution in [0, 0.1) is 0 Å². The van der Waals surface area contributed by atoms with Gasteiger partial charge >= 0.3 is 5.97 Å². The molecule has 1 heterocycles. The average molecular weight is 413 g/mol. The average Bonchev–Trinajstić information content (AvgIpc) is 3.01. The van der Waals surface area contributed by atoms with Crippen molar-refractivity contribution in [2.45, 2.75) is 32.6 Å². The highest BCUT2D eigenvalue weighted by Crippen LogP contribution is 2.28. The van der Waals surface area contributed by atoms with Crippen LogP contribution in [0.15, 0.2) is 41.3 Å². The lowest BCUT2D eigenvalue weighted by molar-refractivity contribution is -0.143. The maximum atomic E-state index is 11.7. The number of ether oxygens (including phenoxy) is 2. The van der Waals surface area contributed by atoms with Crippen LogP contribution in [0.3, 0.4) is 0 Å². The Hall–Kier alpha value is -2.80. The number of esters is 1. The second-order valence-corrected chi connectivity index (χ2v) is 7.60. The van der Waals surface area contributed by atoms with Gasteiger partial charge in [-0.25, -0.2) is 0 Å². The van der Waals surface area contributed by atoms with Crippen LogP contribution in [0.5, 0.6) is 5.75 Å². The molecule has 0 atom stereocenters. The van der Waals surface area contributed by atoms with Crippen molar-refractivity contribution in [1.82, 2.24) is 5.32 Å². The van der Waals surface area contributed by atoms with Gasteiger partial charge in [0.15, 0.2) is 0 Å². The van der Waals surface area contributed by atoms with Crippen LogP contribution in [-0.2, 0) is 14.3 Å². The van der Waals surface area contributed by atoms with Crippen LogP contribution >= 0.6 is 11.8 Å². The lowest BCUT2D eigenvalue weighted by Gasteiger charge is -2.08. The minimum atomic E-state index is -0.355. The summed E-state index contributed by atoms with van der Waals surface area (Å²) >= 11 is 0.911. The summed E-state index contributed by atoms with van der Waals surface area (Å²) in [5.74, 6) is 0.299. The molecule has 6 nitrogen and oxygen atoms in total. The molecule has 0 spiro atoms. The zero-order valence-corrected chi connectivity index (χ0v) is 17.1. The number of imide groups is 1. The molecule has 0 saturated carbocycles. The summed E-state index contributed by atoms with van der Waals surface area (Å²) in [4.78, 5) is 34.6. The summed E-state index contributed by atoms with van der Waals surface area (Å²) in [5.41, 5.74) is 0.861. The molecule has 2 amide bonds. The highest BCUT2D eigenvalue weighted by Gasteiger charge is 2.24. The van der Waals surface area contributed by atoms with Gasteiger partial charge in [0, 0.05) is 6.42 Å². The van der Waals surface area contributed by atoms with Gasteiger partial charge in [0.25, 0.3) is 11.1 Å². The third-order valence-electron chi connectivity index (χ3n) is 4.37. The number of rotatable bonds is 9. The second kappa shape index (κ2) is 10.1. The highest BCUT2D eigenvalue weighted by molar-refractivity contribution is 8.18. The lowest BCUT2D eigenvalue weighted by Crippen LogP contribution is -2.17. The van der Waals surface area contributed by atoms with E-state index in [1.807, 2.05) is 43.3 Å². The van der Waals surface area contributed by atoms with Crippen LogP contribution in [0.2, 0.25) is 0 Å². The molecule has 0 unspecified atom stereocenters. The number of unbranched alkanes of at least 4 members (excludes halogenated alkanes) is 2. The summed E-state index contributed by atoms with van der Waals surface area (Å²) in [6.45, 7) is 2.83. The molecular formula is C22H23NO5S. The SMILES string of the molecule is CCOC(=O)CCCCCOc1ccc2cc(/C=C3\SC(=O)NC3=O)ccc2c1. The van der Waals surface area contributed by atoms with Crippen molar-refractivity contribution in [2.24, 2.45) is 0 Å². The summed E-state index contributed by atoms with van der Waals surface area (Å²) in [6.07, 6.45) is 4.77. The normalized spacial score (nSPS) is 15.0. The zero-order valence-electron chi connectivity index (χ0n) is 16.2. The van der Waals surface area contributed by atoms with E-state index in [1.54, 1.807) is 6.08 Å². The van der Waals surface area contributed by atoms with E-state index >= 15 is 0 Å². The quantitative estimate of drug-likeness (QED) is 0.366. The molecule has 29 heavy (non-hydrogen) atoms. The van der Waals surface area contributed by atoms with E-state index in [0.717, 1.165) is 53.1 Å². The molecule has 1 aliphatic heterocycles. The topological polar surface area (TPSA) is 81.7 Å². The number of carbonyl (C=O) groups excluding carboxylic acids is 3. The minimum Gasteiger partial charge on any atom is -0.494 e. The third-order valence-corrected chi connectivity index (χ3v) is 5.19. The Morgan fingerprint density at radius 2 is 1.86 bits per heavy atom. The van der Waals surface area contributed by atoms with E-state index in [0.29, 0.717) is 24.5 Å². The number of carbonyl (C=O) groups is 3. The van der Waals surface area contributed by atoms with Crippen LogP contribution < -0.4 is 10.1 Å². The van der Waals surface area contributed by atoms with Gasteiger partial charge in [-0.2, -0.15) is 0 Å². The second-order valence-electron chi connectivity index (χ2n) is 6.58. The summed E-state index contributed by atoms with van der Waals surface area (Å²) in [5, 5.41) is 3.97. The number of amides is 2. The van der Waals surface area contributed by atoms with Gasteiger partial charge in [0.1, 0.15) is 5.75 Å². The molecule has 3 rings (SSSR count). The Bertz CT molecular complexity index is 953. The summed E-state index contributed by atoms with van der Waals surface area (Å²) < 4.78 is 10.7. The smallest absolute Gasteiger partial charge is 0.305 e. The van der Waals surface area contributed by atoms with Crippen LogP contribution in [0.1, 0.15) is 38.2 Å². The molecule has 0 aromatic heterocycles. The predicted octanol–water partition coefficient (Wildman–Crippen LogP) is 4.67. The van der Waals surface area contributed by atoms with Crippen molar-refractivity contribution < 1.29 is 23.9 Å². The number of fused-ring (bicyclic) bond motifs is 1. The van der Waals surface area contributed by atoms with Gasteiger partial charge in [-0.1, -0.05) is 18.2 Å². The Labute approximate surface area is 173 Å². The minimum absolute atomic E-state index is 0.142. The molecule has 7 heteroatoms. The molecule has 2 aromatic rings. The maximum Gasteiger partial charge on any atom is 0.305 e. The molecule has 1 saturated heterocycles. The number of thioether (sulfide) groups is 1. The molecule has 152 valence electrons. The van der Waals surface area contributed by atoms with Crippen molar-refractivity contribution in [3.05, 3.63) is 46.9 Å². The fraction of sp³-hybridized carbons (Fsp3) is 0.318. The Kier molecular flexibility index (Phi) is 7.30. The number of hydrogen-bond donors (Lipinski definition) is 1. The van der Waals surface area contributed by atoms with Crippen molar-refractivity contribution >= 4 is 45.7 Å². The highest BCUT2D eigenvalue weighted by atomic mass is 32.2. The molecule has 0 bridgehead atoms. The maximum absolute atomic E-state index is 11.7. The van der Waals surface area contributed by atoms with Crippen molar-refractivity contribution in [1.29, 1.82) is 0 Å². The first-order valence-electron chi connectivity index (χ1n) is 9.62. The predicted molar refractivity (Wildman–Crippen MR) is 114 cm³/mol. The summed E-state index contributed by atoms with van der Waals surface area (Å²) in [6, 6.07) is 11.7. The standard InChI is InChI=1S/C22H23NO5S/c1-2-27-20(24)6-4-3-5-11-28-18-10-9-16-12-15(7-8-17(16)14-18)13-19-21(25)23-22(26)29-19/h7-10,12-14H,2-6,11H2,1H3,(H,23,25,26)/b19-13-.